The number of likely N-dealkylation sites (tertiary alicyclic amines) is 1. The Morgan fingerprint density at radius 3 is 2.38 bits per heavy atom. The van der Waals surface area contributed by atoms with Crippen LogP contribution in [0.2, 0.25) is 0 Å². The summed E-state index contributed by atoms with van der Waals surface area (Å²) < 4.78 is 39.0. The van der Waals surface area contributed by atoms with Gasteiger partial charge in [0.2, 0.25) is 5.91 Å². The van der Waals surface area contributed by atoms with Gasteiger partial charge in [-0.3, -0.25) is 9.69 Å². The quantitative estimate of drug-likeness (QED) is 0.649. The lowest BCUT2D eigenvalue weighted by molar-refractivity contribution is -0.137. The summed E-state index contributed by atoms with van der Waals surface area (Å²) in [6, 6.07) is 5.28. The molecule has 4 atom stereocenters. The highest BCUT2D eigenvalue weighted by molar-refractivity contribution is 5.78. The van der Waals surface area contributed by atoms with Crippen LogP contribution in [0.3, 0.4) is 0 Å². The van der Waals surface area contributed by atoms with Gasteiger partial charge in [-0.15, -0.1) is 0 Å². The molecule has 0 spiro atoms. The minimum Gasteiger partial charge on any atom is -0.390 e. The van der Waals surface area contributed by atoms with Crippen molar-refractivity contribution in [1.29, 1.82) is 0 Å². The molecule has 29 heavy (non-hydrogen) atoms. The lowest BCUT2D eigenvalue weighted by Crippen LogP contribution is -2.50. The van der Waals surface area contributed by atoms with Gasteiger partial charge < -0.3 is 10.0 Å². The van der Waals surface area contributed by atoms with E-state index in [1.165, 1.54) is 6.07 Å². The zero-order valence-electron chi connectivity index (χ0n) is 17.7. The van der Waals surface area contributed by atoms with Crippen molar-refractivity contribution in [3.05, 3.63) is 35.4 Å². The highest BCUT2D eigenvalue weighted by atomic mass is 19.4. The third-order valence-electron chi connectivity index (χ3n) is 6.14. The number of nitrogens with zero attached hydrogens (tertiary/aromatic N) is 2. The Balaban J connectivity index is 2.15. The summed E-state index contributed by atoms with van der Waals surface area (Å²) in [7, 11) is 0. The van der Waals surface area contributed by atoms with Crippen molar-refractivity contribution in [2.45, 2.75) is 90.3 Å². The van der Waals surface area contributed by atoms with Crippen molar-refractivity contribution in [3.8, 4) is 0 Å². The number of hydrogen-bond acceptors (Lipinski definition) is 3. The summed E-state index contributed by atoms with van der Waals surface area (Å²) in [6.45, 7) is 8.98. The molecular weight excluding hydrogens is 381 g/mol. The van der Waals surface area contributed by atoms with E-state index in [-0.39, 0.29) is 18.5 Å². The van der Waals surface area contributed by atoms with Crippen molar-refractivity contribution in [1.82, 2.24) is 9.80 Å². The predicted octanol–water partition coefficient (Wildman–Crippen LogP) is 4.46. The standard InChI is InChI=1S/C22H33F3N2O2/c1-5-15(3)26(16(4)6-2)14-20(28)19-10-11-21(29)27(19)13-17-8-7-9-18(12-17)22(23,24)25/h7-9,12,15-16,19-20,28H,5-6,10-11,13-14H2,1-4H3/t15?,16?,19-,20-/m0/s1. The minimum atomic E-state index is -4.42. The van der Waals surface area contributed by atoms with Gasteiger partial charge in [0.15, 0.2) is 0 Å². The fourth-order valence-corrected chi connectivity index (χ4v) is 4.00. The Labute approximate surface area is 171 Å². The maximum atomic E-state index is 13.0. The number of aliphatic hydroxyl groups is 1. The Bertz CT molecular complexity index is 670. The van der Waals surface area contributed by atoms with E-state index < -0.39 is 17.8 Å². The van der Waals surface area contributed by atoms with Crippen molar-refractivity contribution >= 4 is 5.91 Å². The number of amides is 1. The minimum absolute atomic E-state index is 0.0805. The highest BCUT2D eigenvalue weighted by Crippen LogP contribution is 2.31. The predicted molar refractivity (Wildman–Crippen MR) is 107 cm³/mol. The molecule has 1 aliphatic rings. The molecule has 0 aliphatic carbocycles. The number of hydrogen-bond donors (Lipinski definition) is 1. The first kappa shape index (κ1) is 23.7. The molecule has 1 heterocycles. The van der Waals surface area contributed by atoms with Crippen LogP contribution in [0.4, 0.5) is 13.2 Å². The van der Waals surface area contributed by atoms with E-state index in [1.54, 1.807) is 11.0 Å². The zero-order valence-corrected chi connectivity index (χ0v) is 17.7. The van der Waals surface area contributed by atoms with Crippen molar-refractivity contribution < 1.29 is 23.1 Å². The molecule has 2 unspecified atom stereocenters. The summed E-state index contributed by atoms with van der Waals surface area (Å²) in [5, 5.41) is 10.9. The van der Waals surface area contributed by atoms with E-state index in [4.69, 9.17) is 0 Å². The second-order valence-electron chi connectivity index (χ2n) is 8.10. The van der Waals surface area contributed by atoms with E-state index >= 15 is 0 Å². The molecule has 0 aromatic heterocycles. The van der Waals surface area contributed by atoms with Crippen LogP contribution >= 0.6 is 0 Å². The molecule has 1 amide bonds. The molecule has 1 aliphatic heterocycles. The van der Waals surface area contributed by atoms with E-state index in [2.05, 4.69) is 32.6 Å². The molecule has 1 aromatic rings. The molecule has 0 saturated carbocycles. The summed E-state index contributed by atoms with van der Waals surface area (Å²) in [4.78, 5) is 16.2. The first-order valence-corrected chi connectivity index (χ1v) is 10.5. The van der Waals surface area contributed by atoms with Gasteiger partial charge >= 0.3 is 6.18 Å². The first-order valence-electron chi connectivity index (χ1n) is 10.5. The number of alkyl halides is 3. The number of carbonyl (C=O) groups is 1. The average Bonchev–Trinajstić information content (AvgIpc) is 3.04. The average molecular weight is 415 g/mol. The van der Waals surface area contributed by atoms with Crippen LogP contribution in [0.15, 0.2) is 24.3 Å². The zero-order chi connectivity index (χ0) is 21.8. The van der Waals surface area contributed by atoms with Crippen molar-refractivity contribution in [3.63, 3.8) is 0 Å². The molecule has 164 valence electrons. The molecule has 1 fully saturated rings. The van der Waals surface area contributed by atoms with Gasteiger partial charge in [0, 0.05) is 31.6 Å². The number of rotatable bonds is 9. The molecule has 0 bridgehead atoms. The third kappa shape index (κ3) is 5.95. The van der Waals surface area contributed by atoms with Gasteiger partial charge in [0.05, 0.1) is 17.7 Å². The van der Waals surface area contributed by atoms with Crippen LogP contribution in [0.5, 0.6) is 0 Å². The van der Waals surface area contributed by atoms with Gasteiger partial charge in [-0.05, 0) is 50.8 Å². The number of carbonyl (C=O) groups excluding carboxylic acids is 1. The number of aliphatic hydroxyl groups excluding tert-OH is 1. The van der Waals surface area contributed by atoms with Gasteiger partial charge in [-0.25, -0.2) is 0 Å². The van der Waals surface area contributed by atoms with Crippen LogP contribution in [0.1, 0.15) is 64.5 Å². The van der Waals surface area contributed by atoms with Gasteiger partial charge in [0.25, 0.3) is 0 Å². The summed E-state index contributed by atoms with van der Waals surface area (Å²) in [6.07, 6.45) is -2.42. The lowest BCUT2D eigenvalue weighted by Gasteiger charge is -2.38. The molecule has 1 saturated heterocycles. The normalized spacial score (nSPS) is 20.9. The molecule has 1 aromatic carbocycles. The Hall–Kier alpha value is -1.60. The van der Waals surface area contributed by atoms with Crippen molar-refractivity contribution in [2.75, 3.05) is 6.54 Å². The van der Waals surface area contributed by atoms with Gasteiger partial charge in [0.1, 0.15) is 0 Å². The molecule has 2 rings (SSSR count). The van der Waals surface area contributed by atoms with Crippen LogP contribution in [0.25, 0.3) is 0 Å². The van der Waals surface area contributed by atoms with Gasteiger partial charge in [-0.2, -0.15) is 13.2 Å². The molecular formula is C22H33F3N2O2. The molecule has 4 nitrogen and oxygen atoms in total. The topological polar surface area (TPSA) is 43.8 Å². The van der Waals surface area contributed by atoms with Crippen LogP contribution in [-0.4, -0.2) is 51.6 Å². The smallest absolute Gasteiger partial charge is 0.390 e. The Morgan fingerprint density at radius 2 is 1.83 bits per heavy atom. The first-order chi connectivity index (χ1) is 13.6. The highest BCUT2D eigenvalue weighted by Gasteiger charge is 2.38. The summed E-state index contributed by atoms with van der Waals surface area (Å²) in [5.74, 6) is -0.120. The fraction of sp³-hybridized carbons (Fsp3) is 0.682. The second-order valence-corrected chi connectivity index (χ2v) is 8.10. The molecule has 1 N–H and O–H groups in total. The fourth-order valence-electron chi connectivity index (χ4n) is 4.00. The molecule has 0 radical (unpaired) electrons. The van der Waals surface area contributed by atoms with E-state index in [0.717, 1.165) is 25.0 Å². The number of halogens is 3. The van der Waals surface area contributed by atoms with Gasteiger partial charge in [-0.1, -0.05) is 26.0 Å². The SMILES string of the molecule is CCC(C)N(C[C@H](O)[C@@H]1CCC(=O)N1Cc1cccc(C(F)(F)F)c1)C(C)CC. The molecule has 7 heteroatoms. The van der Waals surface area contributed by atoms with E-state index in [0.29, 0.717) is 37.0 Å². The van der Waals surface area contributed by atoms with Crippen LogP contribution in [-0.2, 0) is 17.5 Å². The van der Waals surface area contributed by atoms with Crippen LogP contribution < -0.4 is 0 Å². The second kappa shape index (κ2) is 9.94. The maximum absolute atomic E-state index is 13.0. The summed E-state index contributed by atoms with van der Waals surface area (Å²) in [5.41, 5.74) is -0.300. The Kier molecular flexibility index (Phi) is 8.11. The van der Waals surface area contributed by atoms with E-state index in [1.807, 2.05) is 0 Å². The summed E-state index contributed by atoms with van der Waals surface area (Å²) >= 11 is 0. The van der Waals surface area contributed by atoms with Crippen molar-refractivity contribution in [2.24, 2.45) is 0 Å². The number of benzene rings is 1. The largest absolute Gasteiger partial charge is 0.416 e. The third-order valence-corrected chi connectivity index (χ3v) is 6.14. The Morgan fingerprint density at radius 1 is 1.21 bits per heavy atom. The lowest BCUT2D eigenvalue weighted by atomic mass is 10.0. The maximum Gasteiger partial charge on any atom is 0.416 e. The van der Waals surface area contributed by atoms with E-state index in [9.17, 15) is 23.1 Å². The van der Waals surface area contributed by atoms with Crippen LogP contribution in [0, 0.1) is 0 Å². The monoisotopic (exact) mass is 414 g/mol.